The third kappa shape index (κ3) is 1.57. The maximum absolute atomic E-state index is 11.6. The van der Waals surface area contributed by atoms with Gasteiger partial charge in [0.2, 0.25) is 5.79 Å². The fourth-order valence-electron chi connectivity index (χ4n) is 2.31. The van der Waals surface area contributed by atoms with Gasteiger partial charge in [-0.3, -0.25) is 4.79 Å². The zero-order valence-electron chi connectivity index (χ0n) is 8.66. The van der Waals surface area contributed by atoms with E-state index in [9.17, 15) is 4.79 Å². The molecule has 3 atom stereocenters. The number of fused-ring (bicyclic) bond motifs is 1. The molecule has 3 nitrogen and oxygen atoms in total. The lowest BCUT2D eigenvalue weighted by Gasteiger charge is -2.36. The highest BCUT2D eigenvalue weighted by Gasteiger charge is 2.47. The molecule has 1 aliphatic heterocycles. The van der Waals surface area contributed by atoms with Gasteiger partial charge in [0, 0.05) is 13.8 Å². The molecule has 0 spiro atoms. The van der Waals surface area contributed by atoms with Crippen molar-refractivity contribution in [1.29, 1.82) is 0 Å². The number of hydrogen-bond acceptors (Lipinski definition) is 3. The van der Waals surface area contributed by atoms with Gasteiger partial charge in [-0.2, -0.15) is 0 Å². The predicted octanol–water partition coefficient (Wildman–Crippen LogP) is 1.88. The second-order valence-corrected chi connectivity index (χ2v) is 4.55. The molecule has 3 unspecified atom stereocenters. The first-order valence-corrected chi connectivity index (χ1v) is 5.05. The summed E-state index contributed by atoms with van der Waals surface area (Å²) in [5.74, 6) is -0.554. The van der Waals surface area contributed by atoms with E-state index in [1.807, 2.05) is 6.08 Å². The molecular weight excluding hydrogens is 180 g/mol. The van der Waals surface area contributed by atoms with Crippen molar-refractivity contribution in [3.05, 3.63) is 12.7 Å². The van der Waals surface area contributed by atoms with Gasteiger partial charge in [-0.25, -0.2) is 0 Å². The van der Waals surface area contributed by atoms with Gasteiger partial charge in [0.05, 0.1) is 12.0 Å². The van der Waals surface area contributed by atoms with Crippen LogP contribution in [0.3, 0.4) is 0 Å². The first kappa shape index (κ1) is 9.71. The number of allylic oxidation sites excluding steroid dienone is 1. The predicted molar refractivity (Wildman–Crippen MR) is 51.5 cm³/mol. The van der Waals surface area contributed by atoms with E-state index >= 15 is 0 Å². The quantitative estimate of drug-likeness (QED) is 0.474. The van der Waals surface area contributed by atoms with Gasteiger partial charge in [-0.1, -0.05) is 6.08 Å². The van der Waals surface area contributed by atoms with Gasteiger partial charge < -0.3 is 9.47 Å². The average molecular weight is 196 g/mol. The summed E-state index contributed by atoms with van der Waals surface area (Å²) in [5.41, 5.74) is 0. The van der Waals surface area contributed by atoms with Crippen LogP contribution in [-0.2, 0) is 14.3 Å². The summed E-state index contributed by atoms with van der Waals surface area (Å²) in [7, 11) is 0. The second-order valence-electron chi connectivity index (χ2n) is 4.55. The number of rotatable bonds is 1. The van der Waals surface area contributed by atoms with Crippen molar-refractivity contribution >= 4 is 5.97 Å². The lowest BCUT2D eigenvalue weighted by Crippen LogP contribution is -2.46. The first-order valence-electron chi connectivity index (χ1n) is 5.05. The summed E-state index contributed by atoms with van der Waals surface area (Å²) < 4.78 is 10.9. The zero-order chi connectivity index (χ0) is 10.3. The Morgan fingerprint density at radius 3 is 2.86 bits per heavy atom. The Morgan fingerprint density at radius 1 is 1.50 bits per heavy atom. The normalized spacial score (nSPS) is 40.1. The van der Waals surface area contributed by atoms with Crippen molar-refractivity contribution in [2.75, 3.05) is 0 Å². The second kappa shape index (κ2) is 3.09. The fraction of sp³-hybridized carbons (Fsp3) is 0.727. The van der Waals surface area contributed by atoms with Crippen molar-refractivity contribution in [2.24, 2.45) is 11.8 Å². The standard InChI is InChI=1S/C11H16O3/c1-4-7-5-8-9(6-7)13-11(2,3)14-10(8)12/h4,7-9H,1,5-6H2,2-3H3. The molecule has 78 valence electrons. The topological polar surface area (TPSA) is 35.5 Å². The minimum Gasteiger partial charge on any atom is -0.433 e. The van der Waals surface area contributed by atoms with Crippen molar-refractivity contribution < 1.29 is 14.3 Å². The summed E-state index contributed by atoms with van der Waals surface area (Å²) in [6.07, 6.45) is 3.65. The van der Waals surface area contributed by atoms with Gasteiger partial charge in [-0.05, 0) is 18.8 Å². The molecule has 1 saturated heterocycles. The van der Waals surface area contributed by atoms with E-state index in [0.29, 0.717) is 5.92 Å². The fourth-order valence-corrected chi connectivity index (χ4v) is 2.31. The van der Waals surface area contributed by atoms with Gasteiger partial charge in [0.1, 0.15) is 0 Å². The minimum atomic E-state index is -0.756. The Hall–Kier alpha value is -0.830. The molecule has 0 radical (unpaired) electrons. The molecule has 0 N–H and O–H groups in total. The van der Waals surface area contributed by atoms with E-state index in [1.54, 1.807) is 13.8 Å². The summed E-state index contributed by atoms with van der Waals surface area (Å²) in [6.45, 7) is 7.31. The van der Waals surface area contributed by atoms with E-state index in [1.165, 1.54) is 0 Å². The molecular formula is C11H16O3. The third-order valence-electron chi connectivity index (χ3n) is 2.96. The van der Waals surface area contributed by atoms with Crippen LogP contribution in [0.4, 0.5) is 0 Å². The van der Waals surface area contributed by atoms with Crippen LogP contribution in [0.1, 0.15) is 26.7 Å². The van der Waals surface area contributed by atoms with E-state index in [0.717, 1.165) is 12.8 Å². The van der Waals surface area contributed by atoms with Gasteiger partial charge in [0.15, 0.2) is 0 Å². The molecule has 0 amide bonds. The first-order chi connectivity index (χ1) is 6.52. The number of carbonyl (C=O) groups excluding carboxylic acids is 1. The van der Waals surface area contributed by atoms with Crippen LogP contribution >= 0.6 is 0 Å². The summed E-state index contributed by atoms with van der Waals surface area (Å²) in [6, 6.07) is 0. The van der Waals surface area contributed by atoms with Gasteiger partial charge in [0.25, 0.3) is 0 Å². The maximum atomic E-state index is 11.6. The molecule has 2 rings (SSSR count). The zero-order valence-corrected chi connectivity index (χ0v) is 8.66. The number of cyclic esters (lactones) is 1. The largest absolute Gasteiger partial charge is 0.433 e. The highest BCUT2D eigenvalue weighted by atomic mass is 16.7. The van der Waals surface area contributed by atoms with Gasteiger partial charge in [-0.15, -0.1) is 6.58 Å². The van der Waals surface area contributed by atoms with Gasteiger partial charge >= 0.3 is 5.97 Å². The van der Waals surface area contributed by atoms with E-state index < -0.39 is 5.79 Å². The van der Waals surface area contributed by atoms with Crippen LogP contribution in [-0.4, -0.2) is 17.9 Å². The summed E-state index contributed by atoms with van der Waals surface area (Å²) in [5, 5.41) is 0. The molecule has 3 heteroatoms. The Bertz CT molecular complexity index is 270. The SMILES string of the molecule is C=CC1CC2OC(C)(C)OC(=O)C2C1. The molecule has 0 aromatic carbocycles. The van der Waals surface area contributed by atoms with Crippen LogP contribution < -0.4 is 0 Å². The Balaban J connectivity index is 2.14. The van der Waals surface area contributed by atoms with Crippen molar-refractivity contribution in [2.45, 2.75) is 38.6 Å². The summed E-state index contributed by atoms with van der Waals surface area (Å²) in [4.78, 5) is 11.6. The molecule has 0 bridgehead atoms. The van der Waals surface area contributed by atoms with Crippen molar-refractivity contribution in [1.82, 2.24) is 0 Å². The van der Waals surface area contributed by atoms with Crippen molar-refractivity contribution in [3.8, 4) is 0 Å². The Kier molecular flexibility index (Phi) is 2.14. The van der Waals surface area contributed by atoms with E-state index in [4.69, 9.17) is 9.47 Å². The number of hydrogen-bond donors (Lipinski definition) is 0. The van der Waals surface area contributed by atoms with E-state index in [2.05, 4.69) is 6.58 Å². The maximum Gasteiger partial charge on any atom is 0.314 e. The third-order valence-corrected chi connectivity index (χ3v) is 2.96. The van der Waals surface area contributed by atoms with Crippen LogP contribution in [0.25, 0.3) is 0 Å². The monoisotopic (exact) mass is 196 g/mol. The highest BCUT2D eigenvalue weighted by Crippen LogP contribution is 2.40. The molecule has 2 fully saturated rings. The van der Waals surface area contributed by atoms with Crippen LogP contribution in [0.2, 0.25) is 0 Å². The molecule has 14 heavy (non-hydrogen) atoms. The highest BCUT2D eigenvalue weighted by molar-refractivity contribution is 5.74. The molecule has 1 heterocycles. The number of esters is 1. The van der Waals surface area contributed by atoms with Crippen LogP contribution in [0.5, 0.6) is 0 Å². The molecule has 0 aromatic heterocycles. The molecule has 2 aliphatic rings. The molecule has 1 aliphatic carbocycles. The number of ether oxygens (including phenoxy) is 2. The summed E-state index contributed by atoms with van der Waals surface area (Å²) >= 11 is 0. The molecule has 0 aromatic rings. The van der Waals surface area contributed by atoms with Crippen LogP contribution in [0.15, 0.2) is 12.7 Å². The van der Waals surface area contributed by atoms with Crippen molar-refractivity contribution in [3.63, 3.8) is 0 Å². The average Bonchev–Trinajstić information content (AvgIpc) is 2.45. The van der Waals surface area contributed by atoms with E-state index in [-0.39, 0.29) is 18.0 Å². The Labute approximate surface area is 84.1 Å². The smallest absolute Gasteiger partial charge is 0.314 e. The lowest BCUT2D eigenvalue weighted by molar-refractivity contribution is -0.267. The Morgan fingerprint density at radius 2 is 2.21 bits per heavy atom. The lowest BCUT2D eigenvalue weighted by atomic mass is 10.0. The molecule has 1 saturated carbocycles. The van der Waals surface area contributed by atoms with Crippen LogP contribution in [0, 0.1) is 11.8 Å². The minimum absolute atomic E-state index is 0.0225. The number of carbonyl (C=O) groups is 1.